The molecule has 2 rings (SSSR count). The molecule has 0 saturated carbocycles. The number of nitrogens with zero attached hydrogens (tertiary/aromatic N) is 1. The summed E-state index contributed by atoms with van der Waals surface area (Å²) in [5.41, 5.74) is 0.491. The van der Waals surface area contributed by atoms with Gasteiger partial charge in [-0.3, -0.25) is 9.52 Å². The molecule has 1 aromatic heterocycles. The van der Waals surface area contributed by atoms with E-state index in [4.69, 9.17) is 11.6 Å². The van der Waals surface area contributed by atoms with E-state index < -0.39 is 16.0 Å². The number of esters is 1. The van der Waals surface area contributed by atoms with E-state index in [1.807, 2.05) is 0 Å². The minimum atomic E-state index is -3.74. The van der Waals surface area contributed by atoms with Crippen molar-refractivity contribution in [3.8, 4) is 0 Å². The van der Waals surface area contributed by atoms with Crippen molar-refractivity contribution < 1.29 is 17.9 Å². The maximum atomic E-state index is 12.2. The lowest BCUT2D eigenvalue weighted by Crippen LogP contribution is -2.13. The van der Waals surface area contributed by atoms with Gasteiger partial charge in [0.15, 0.2) is 5.13 Å². The zero-order valence-electron chi connectivity index (χ0n) is 11.8. The number of aromatic nitrogens is 1. The van der Waals surface area contributed by atoms with Gasteiger partial charge in [0.25, 0.3) is 10.0 Å². The normalized spacial score (nSPS) is 11.2. The summed E-state index contributed by atoms with van der Waals surface area (Å²) in [7, 11) is -2.46. The van der Waals surface area contributed by atoms with E-state index in [0.717, 1.165) is 16.2 Å². The summed E-state index contributed by atoms with van der Waals surface area (Å²) in [6, 6.07) is 5.79. The van der Waals surface area contributed by atoms with Crippen LogP contribution in [0.15, 0.2) is 29.2 Å². The quantitative estimate of drug-likeness (QED) is 0.828. The number of carbonyl (C=O) groups is 1. The lowest BCUT2D eigenvalue weighted by molar-refractivity contribution is -0.139. The van der Waals surface area contributed by atoms with Gasteiger partial charge < -0.3 is 4.74 Å². The zero-order chi connectivity index (χ0) is 16.3. The standard InChI is InChI=1S/C13H13ClN2O4S2/c1-8-11(7-12(17)20-2)15-13(21-8)16-22(18,19)10-5-3-9(14)4-6-10/h3-6H,7H2,1-2H3,(H,15,16). The number of methoxy groups -OCH3 is 1. The largest absolute Gasteiger partial charge is 0.469 e. The predicted octanol–water partition coefficient (Wildman–Crippen LogP) is 2.62. The molecule has 0 aliphatic carbocycles. The average Bonchev–Trinajstić information content (AvgIpc) is 2.78. The molecule has 0 unspecified atom stereocenters. The Kier molecular flexibility index (Phi) is 5.05. The molecule has 0 saturated heterocycles. The number of sulfonamides is 1. The van der Waals surface area contributed by atoms with Crippen molar-refractivity contribution in [2.75, 3.05) is 11.8 Å². The van der Waals surface area contributed by atoms with E-state index in [1.165, 1.54) is 31.4 Å². The Morgan fingerprint density at radius 1 is 1.36 bits per heavy atom. The number of anilines is 1. The number of hydrogen-bond donors (Lipinski definition) is 1. The minimum Gasteiger partial charge on any atom is -0.469 e. The Hall–Kier alpha value is -1.64. The van der Waals surface area contributed by atoms with Gasteiger partial charge in [-0.1, -0.05) is 11.6 Å². The maximum absolute atomic E-state index is 12.2. The SMILES string of the molecule is COC(=O)Cc1nc(NS(=O)(=O)c2ccc(Cl)cc2)sc1C. The highest BCUT2D eigenvalue weighted by atomic mass is 35.5. The molecule has 1 aromatic carbocycles. The van der Waals surface area contributed by atoms with Crippen molar-refractivity contribution in [3.63, 3.8) is 0 Å². The molecule has 9 heteroatoms. The van der Waals surface area contributed by atoms with Gasteiger partial charge >= 0.3 is 5.97 Å². The molecule has 0 amide bonds. The molecule has 0 aliphatic rings. The van der Waals surface area contributed by atoms with Crippen LogP contribution >= 0.6 is 22.9 Å². The first-order valence-electron chi connectivity index (χ1n) is 6.13. The second-order valence-corrected chi connectivity index (χ2v) is 7.66. The topological polar surface area (TPSA) is 85.4 Å². The van der Waals surface area contributed by atoms with Crippen molar-refractivity contribution in [1.82, 2.24) is 4.98 Å². The Morgan fingerprint density at radius 3 is 2.59 bits per heavy atom. The monoisotopic (exact) mass is 360 g/mol. The van der Waals surface area contributed by atoms with Gasteiger partial charge in [0, 0.05) is 9.90 Å². The van der Waals surface area contributed by atoms with E-state index in [2.05, 4.69) is 14.4 Å². The molecule has 0 fully saturated rings. The van der Waals surface area contributed by atoms with Gasteiger partial charge in [0.2, 0.25) is 0 Å². The van der Waals surface area contributed by atoms with Gasteiger partial charge in [-0.2, -0.15) is 0 Å². The van der Waals surface area contributed by atoms with E-state index in [9.17, 15) is 13.2 Å². The first-order valence-corrected chi connectivity index (χ1v) is 8.81. The summed E-state index contributed by atoms with van der Waals surface area (Å²) < 4.78 is 31.4. The van der Waals surface area contributed by atoms with Crippen LogP contribution in [-0.4, -0.2) is 26.5 Å². The van der Waals surface area contributed by atoms with Crippen LogP contribution in [-0.2, 0) is 26.0 Å². The number of carbonyl (C=O) groups excluding carboxylic acids is 1. The fourth-order valence-corrected chi connectivity index (χ4v) is 3.82. The van der Waals surface area contributed by atoms with Gasteiger partial charge in [-0.25, -0.2) is 13.4 Å². The average molecular weight is 361 g/mol. The number of nitrogens with one attached hydrogen (secondary N) is 1. The fraction of sp³-hybridized carbons (Fsp3) is 0.231. The molecule has 0 atom stereocenters. The highest BCUT2D eigenvalue weighted by Crippen LogP contribution is 2.25. The first-order chi connectivity index (χ1) is 10.3. The third-order valence-electron chi connectivity index (χ3n) is 2.78. The number of benzene rings is 1. The molecule has 118 valence electrons. The number of halogens is 1. The fourth-order valence-electron chi connectivity index (χ4n) is 1.63. The van der Waals surface area contributed by atoms with E-state index in [1.54, 1.807) is 6.92 Å². The summed E-state index contributed by atoms with van der Waals surface area (Å²) >= 11 is 6.90. The van der Waals surface area contributed by atoms with Gasteiger partial charge in [-0.05, 0) is 31.2 Å². The highest BCUT2D eigenvalue weighted by Gasteiger charge is 2.18. The van der Waals surface area contributed by atoms with Crippen molar-refractivity contribution in [1.29, 1.82) is 0 Å². The number of aryl methyl sites for hydroxylation is 1. The minimum absolute atomic E-state index is 0.00149. The maximum Gasteiger partial charge on any atom is 0.311 e. The van der Waals surface area contributed by atoms with E-state index >= 15 is 0 Å². The van der Waals surface area contributed by atoms with Crippen LogP contribution in [0.3, 0.4) is 0 Å². The van der Waals surface area contributed by atoms with Gasteiger partial charge in [0.1, 0.15) is 0 Å². The second-order valence-electron chi connectivity index (χ2n) is 4.33. The summed E-state index contributed by atoms with van der Waals surface area (Å²) in [4.78, 5) is 16.2. The smallest absolute Gasteiger partial charge is 0.311 e. The Morgan fingerprint density at radius 2 is 2.00 bits per heavy atom. The lowest BCUT2D eigenvalue weighted by atomic mass is 10.3. The second kappa shape index (κ2) is 6.64. The molecular weight excluding hydrogens is 348 g/mol. The number of ether oxygens (including phenoxy) is 1. The molecule has 1 heterocycles. The molecule has 0 radical (unpaired) electrons. The van der Waals surface area contributed by atoms with Crippen LogP contribution in [0.4, 0.5) is 5.13 Å². The Bertz CT molecular complexity index is 785. The molecule has 6 nitrogen and oxygen atoms in total. The summed E-state index contributed by atoms with van der Waals surface area (Å²) in [6.07, 6.45) is 0.00149. The van der Waals surface area contributed by atoms with Crippen LogP contribution in [0.2, 0.25) is 5.02 Å². The third-order valence-corrected chi connectivity index (χ3v) is 5.44. The molecule has 2 aromatic rings. The molecular formula is C13H13ClN2O4S2. The van der Waals surface area contributed by atoms with Crippen molar-refractivity contribution in [2.45, 2.75) is 18.2 Å². The van der Waals surface area contributed by atoms with Gasteiger partial charge in [-0.15, -0.1) is 11.3 Å². The molecule has 0 spiro atoms. The number of thiazole rings is 1. The zero-order valence-corrected chi connectivity index (χ0v) is 14.2. The summed E-state index contributed by atoms with van der Waals surface area (Å²) in [6.45, 7) is 1.76. The van der Waals surface area contributed by atoms with Crippen molar-refractivity contribution in [3.05, 3.63) is 39.9 Å². The van der Waals surface area contributed by atoms with Crippen molar-refractivity contribution >= 4 is 44.1 Å². The predicted molar refractivity (Wildman–Crippen MR) is 84.8 cm³/mol. The summed E-state index contributed by atoms with van der Waals surface area (Å²) in [5, 5.41) is 0.649. The third kappa shape index (κ3) is 3.96. The van der Waals surface area contributed by atoms with Crippen LogP contribution in [0, 0.1) is 6.92 Å². The Labute approximate surface area is 137 Å². The molecule has 0 aliphatic heterocycles. The summed E-state index contributed by atoms with van der Waals surface area (Å²) in [5.74, 6) is -0.430. The van der Waals surface area contributed by atoms with Crippen LogP contribution in [0.5, 0.6) is 0 Å². The van der Waals surface area contributed by atoms with Crippen LogP contribution in [0.25, 0.3) is 0 Å². The van der Waals surface area contributed by atoms with Crippen molar-refractivity contribution in [2.24, 2.45) is 0 Å². The Balaban J connectivity index is 2.21. The highest BCUT2D eigenvalue weighted by molar-refractivity contribution is 7.93. The van der Waals surface area contributed by atoms with Crippen LogP contribution in [0.1, 0.15) is 10.6 Å². The van der Waals surface area contributed by atoms with Gasteiger partial charge in [0.05, 0.1) is 24.1 Å². The van der Waals surface area contributed by atoms with E-state index in [0.29, 0.717) is 10.7 Å². The van der Waals surface area contributed by atoms with Crippen LogP contribution < -0.4 is 4.72 Å². The first kappa shape index (κ1) is 16.7. The molecule has 1 N–H and O–H groups in total. The number of rotatable bonds is 5. The molecule has 22 heavy (non-hydrogen) atoms. The lowest BCUT2D eigenvalue weighted by Gasteiger charge is -2.04. The molecule has 0 bridgehead atoms. The number of hydrogen-bond acceptors (Lipinski definition) is 6. The van der Waals surface area contributed by atoms with E-state index in [-0.39, 0.29) is 16.4 Å².